The number of anilines is 1. The van der Waals surface area contributed by atoms with Crippen molar-refractivity contribution in [1.29, 1.82) is 0 Å². The van der Waals surface area contributed by atoms with Crippen molar-refractivity contribution in [3.8, 4) is 0 Å². The molecule has 0 radical (unpaired) electrons. The van der Waals surface area contributed by atoms with E-state index in [0.29, 0.717) is 0 Å². The molecule has 0 saturated carbocycles. The molecule has 0 amide bonds. The predicted molar refractivity (Wildman–Crippen MR) is 75.4 cm³/mol. The minimum absolute atomic E-state index is 0.282. The molecule has 1 atom stereocenters. The molecule has 4 heteroatoms. The molecule has 0 aliphatic carbocycles. The Morgan fingerprint density at radius 2 is 2.11 bits per heavy atom. The second-order valence-electron chi connectivity index (χ2n) is 4.97. The summed E-state index contributed by atoms with van der Waals surface area (Å²) in [5, 5.41) is 3.43. The van der Waals surface area contributed by atoms with Crippen LogP contribution in [0.1, 0.15) is 22.9 Å². The van der Waals surface area contributed by atoms with Crippen LogP contribution in [-0.2, 0) is 0 Å². The Hall–Kier alpha value is -2.36. The number of fused-ring (bicyclic) bond motifs is 2. The molecule has 4 rings (SSSR count). The van der Waals surface area contributed by atoms with E-state index in [0.717, 1.165) is 23.5 Å². The summed E-state index contributed by atoms with van der Waals surface area (Å²) >= 11 is 0. The average molecular weight is 250 g/mol. The summed E-state index contributed by atoms with van der Waals surface area (Å²) in [5.74, 6) is 1.28. The van der Waals surface area contributed by atoms with E-state index in [9.17, 15) is 0 Å². The molecule has 0 fully saturated rings. The van der Waals surface area contributed by atoms with Crippen LogP contribution in [0.25, 0.3) is 11.2 Å². The maximum atomic E-state index is 4.65. The van der Waals surface area contributed by atoms with E-state index < -0.39 is 0 Å². The van der Waals surface area contributed by atoms with E-state index in [2.05, 4.69) is 51.5 Å². The van der Waals surface area contributed by atoms with Crippen molar-refractivity contribution in [2.24, 2.45) is 0 Å². The number of nitrogens with zero attached hydrogens (tertiary/aromatic N) is 2. The zero-order chi connectivity index (χ0) is 12.8. The van der Waals surface area contributed by atoms with Crippen LogP contribution in [0.5, 0.6) is 0 Å². The molecule has 3 heterocycles. The lowest BCUT2D eigenvalue weighted by Gasteiger charge is -2.05. The average Bonchev–Trinajstić information content (AvgIpc) is 3.02. The number of para-hydroxylation sites is 1. The zero-order valence-corrected chi connectivity index (χ0v) is 10.6. The van der Waals surface area contributed by atoms with E-state index in [1.165, 1.54) is 16.8 Å². The fourth-order valence-electron chi connectivity index (χ4n) is 2.75. The second kappa shape index (κ2) is 3.82. The minimum Gasteiger partial charge on any atom is -0.384 e. The van der Waals surface area contributed by atoms with Gasteiger partial charge in [-0.25, -0.2) is 9.97 Å². The summed E-state index contributed by atoms with van der Waals surface area (Å²) in [4.78, 5) is 12.4. The Bertz CT molecular complexity index is 760. The molecular weight excluding hydrogens is 236 g/mol. The van der Waals surface area contributed by atoms with Crippen molar-refractivity contribution in [3.05, 3.63) is 53.5 Å². The lowest BCUT2D eigenvalue weighted by atomic mass is 10.0. The van der Waals surface area contributed by atoms with E-state index in [1.807, 2.05) is 12.3 Å². The van der Waals surface area contributed by atoms with Crippen molar-refractivity contribution in [1.82, 2.24) is 15.0 Å². The number of benzene rings is 1. The number of aryl methyl sites for hydroxylation is 1. The van der Waals surface area contributed by atoms with Gasteiger partial charge >= 0.3 is 0 Å². The predicted octanol–water partition coefficient (Wildman–Crippen LogP) is 2.82. The largest absolute Gasteiger partial charge is 0.384 e. The third-order valence-corrected chi connectivity index (χ3v) is 3.78. The van der Waals surface area contributed by atoms with Crippen LogP contribution in [0.3, 0.4) is 0 Å². The lowest BCUT2D eigenvalue weighted by Crippen LogP contribution is -2.05. The molecule has 0 spiro atoms. The molecule has 1 aliphatic heterocycles. The highest BCUT2D eigenvalue weighted by Gasteiger charge is 2.26. The maximum Gasteiger partial charge on any atom is 0.177 e. The van der Waals surface area contributed by atoms with Crippen LogP contribution in [0.15, 0.2) is 36.5 Å². The Labute approximate surface area is 110 Å². The van der Waals surface area contributed by atoms with Crippen molar-refractivity contribution in [3.63, 3.8) is 0 Å². The van der Waals surface area contributed by atoms with Gasteiger partial charge in [-0.05, 0) is 30.2 Å². The van der Waals surface area contributed by atoms with E-state index in [4.69, 9.17) is 0 Å². The van der Waals surface area contributed by atoms with E-state index in [1.54, 1.807) is 0 Å². The van der Waals surface area contributed by atoms with Crippen molar-refractivity contribution in [2.45, 2.75) is 12.8 Å². The monoisotopic (exact) mass is 250 g/mol. The number of aromatic amines is 1. The molecule has 3 aromatic rings. The quantitative estimate of drug-likeness (QED) is 0.698. The van der Waals surface area contributed by atoms with Gasteiger partial charge in [0.25, 0.3) is 0 Å². The highest BCUT2D eigenvalue weighted by molar-refractivity contribution is 5.75. The van der Waals surface area contributed by atoms with Crippen LogP contribution in [0, 0.1) is 6.92 Å². The molecule has 4 nitrogen and oxygen atoms in total. The van der Waals surface area contributed by atoms with Gasteiger partial charge in [-0.3, -0.25) is 0 Å². The highest BCUT2D eigenvalue weighted by Crippen LogP contribution is 2.35. The molecule has 19 heavy (non-hydrogen) atoms. The number of H-pyrrole nitrogens is 1. The van der Waals surface area contributed by atoms with Gasteiger partial charge < -0.3 is 10.3 Å². The first kappa shape index (κ1) is 10.6. The number of imidazole rings is 1. The van der Waals surface area contributed by atoms with Crippen LogP contribution < -0.4 is 5.32 Å². The van der Waals surface area contributed by atoms with E-state index in [-0.39, 0.29) is 5.92 Å². The molecular formula is C15H14N4. The van der Waals surface area contributed by atoms with Gasteiger partial charge in [0.1, 0.15) is 5.82 Å². The standard InChI is InChI=1S/C15H14N4/c1-9-6-7-16-15-13(9)18-14(19-15)11-8-17-12-5-3-2-4-10(11)12/h2-7,11,17H,8H2,1H3,(H,16,18,19). The topological polar surface area (TPSA) is 53.6 Å². The van der Waals surface area contributed by atoms with Gasteiger partial charge in [0.15, 0.2) is 5.65 Å². The molecule has 2 N–H and O–H groups in total. The smallest absolute Gasteiger partial charge is 0.177 e. The van der Waals surface area contributed by atoms with Gasteiger partial charge in [0, 0.05) is 18.4 Å². The van der Waals surface area contributed by atoms with Gasteiger partial charge in [-0.2, -0.15) is 0 Å². The SMILES string of the molecule is Cc1ccnc2nc(C3CNc4ccccc43)[nH]c12. The molecule has 0 saturated heterocycles. The number of hydrogen-bond donors (Lipinski definition) is 2. The van der Waals surface area contributed by atoms with Gasteiger partial charge in [0.05, 0.1) is 11.4 Å². The molecule has 0 bridgehead atoms. The first-order valence-corrected chi connectivity index (χ1v) is 6.47. The number of rotatable bonds is 1. The van der Waals surface area contributed by atoms with E-state index >= 15 is 0 Å². The second-order valence-corrected chi connectivity index (χ2v) is 4.97. The maximum absolute atomic E-state index is 4.65. The van der Waals surface area contributed by atoms with Crippen LogP contribution in [-0.4, -0.2) is 21.5 Å². The first-order valence-electron chi connectivity index (χ1n) is 6.47. The summed E-state index contributed by atoms with van der Waals surface area (Å²) < 4.78 is 0. The zero-order valence-electron chi connectivity index (χ0n) is 10.6. The van der Waals surface area contributed by atoms with Gasteiger partial charge in [-0.1, -0.05) is 18.2 Å². The Balaban J connectivity index is 1.86. The number of pyridine rings is 1. The third kappa shape index (κ3) is 1.53. The van der Waals surface area contributed by atoms with Gasteiger partial charge in [-0.15, -0.1) is 0 Å². The fraction of sp³-hybridized carbons (Fsp3) is 0.200. The van der Waals surface area contributed by atoms with Crippen LogP contribution in [0.4, 0.5) is 5.69 Å². The van der Waals surface area contributed by atoms with Crippen LogP contribution in [0.2, 0.25) is 0 Å². The summed E-state index contributed by atoms with van der Waals surface area (Å²) in [6, 6.07) is 10.4. The number of hydrogen-bond acceptors (Lipinski definition) is 3. The molecule has 1 aromatic carbocycles. The summed E-state index contributed by atoms with van der Waals surface area (Å²) in [7, 11) is 0. The van der Waals surface area contributed by atoms with Crippen molar-refractivity contribution in [2.75, 3.05) is 11.9 Å². The summed E-state index contributed by atoms with van der Waals surface area (Å²) in [6.07, 6.45) is 1.81. The van der Waals surface area contributed by atoms with Crippen molar-refractivity contribution >= 4 is 16.9 Å². The first-order chi connectivity index (χ1) is 9.33. The lowest BCUT2D eigenvalue weighted by molar-refractivity contribution is 0.835. The number of nitrogens with one attached hydrogen (secondary N) is 2. The molecule has 1 unspecified atom stereocenters. The Morgan fingerprint density at radius 3 is 3.00 bits per heavy atom. The molecule has 94 valence electrons. The highest BCUT2D eigenvalue weighted by atomic mass is 15.0. The van der Waals surface area contributed by atoms with Crippen LogP contribution >= 0.6 is 0 Å². The summed E-state index contributed by atoms with van der Waals surface area (Å²) in [5.41, 5.74) is 5.54. The molecule has 1 aliphatic rings. The minimum atomic E-state index is 0.282. The van der Waals surface area contributed by atoms with Gasteiger partial charge in [0.2, 0.25) is 0 Å². The fourth-order valence-corrected chi connectivity index (χ4v) is 2.75. The van der Waals surface area contributed by atoms with Crippen molar-refractivity contribution < 1.29 is 0 Å². The number of aromatic nitrogens is 3. The Kier molecular flexibility index (Phi) is 2.12. The normalized spacial score (nSPS) is 17.4. The molecule has 2 aromatic heterocycles. The Morgan fingerprint density at radius 1 is 1.21 bits per heavy atom. The summed E-state index contributed by atoms with van der Waals surface area (Å²) in [6.45, 7) is 2.96. The third-order valence-electron chi connectivity index (χ3n) is 3.78.